The fraction of sp³-hybridized carbons (Fsp3) is 0.389. The molecule has 0 radical (unpaired) electrons. The van der Waals surface area contributed by atoms with Crippen LogP contribution in [0.3, 0.4) is 0 Å². The molecule has 1 aliphatic rings. The number of alkyl halides is 3. The van der Waals surface area contributed by atoms with E-state index in [9.17, 15) is 26.4 Å². The van der Waals surface area contributed by atoms with Gasteiger partial charge in [0.25, 0.3) is 0 Å². The van der Waals surface area contributed by atoms with Crippen LogP contribution in [0.2, 0.25) is 0 Å². The summed E-state index contributed by atoms with van der Waals surface area (Å²) in [6.07, 6.45) is -2.22. The van der Waals surface area contributed by atoms with E-state index in [1.54, 1.807) is 6.92 Å². The largest absolute Gasteiger partial charge is 0.417 e. The molecule has 1 fully saturated rings. The number of hydrogen-bond donors (Lipinski definition) is 1. The van der Waals surface area contributed by atoms with Crippen molar-refractivity contribution >= 4 is 21.6 Å². The summed E-state index contributed by atoms with van der Waals surface area (Å²) in [6, 6.07) is 3.35. The highest BCUT2D eigenvalue weighted by molar-refractivity contribution is 7.89. The fourth-order valence-corrected chi connectivity index (χ4v) is 4.76. The van der Waals surface area contributed by atoms with Crippen LogP contribution in [0.1, 0.15) is 18.1 Å². The van der Waals surface area contributed by atoms with Gasteiger partial charge in [-0.15, -0.1) is 0 Å². The molecule has 1 atom stereocenters. The first-order valence-corrected chi connectivity index (χ1v) is 10.6. The molecule has 1 aliphatic heterocycles. The maximum Gasteiger partial charge on any atom is 0.417 e. The molecule has 2 aromatic rings. The Morgan fingerprint density at radius 1 is 1.35 bits per heavy atom. The van der Waals surface area contributed by atoms with Gasteiger partial charge in [-0.2, -0.15) is 27.8 Å². The highest BCUT2D eigenvalue weighted by Crippen LogP contribution is 2.35. The Labute approximate surface area is 176 Å². The van der Waals surface area contributed by atoms with Gasteiger partial charge in [0.2, 0.25) is 15.9 Å². The Morgan fingerprint density at radius 3 is 2.61 bits per heavy atom. The summed E-state index contributed by atoms with van der Waals surface area (Å²) in [5.74, 6) is -0.887. The number of primary amides is 1. The number of amides is 1. The Morgan fingerprint density at radius 2 is 2.06 bits per heavy atom. The van der Waals surface area contributed by atoms with Gasteiger partial charge in [0.15, 0.2) is 0 Å². The average molecular weight is 456 g/mol. The number of nitrogens with zero attached hydrogens (tertiary/aromatic N) is 5. The molecule has 2 N–H and O–H groups in total. The second-order valence-corrected chi connectivity index (χ2v) is 8.78. The zero-order valence-corrected chi connectivity index (χ0v) is 17.2. The third-order valence-electron chi connectivity index (χ3n) is 5.00. The number of carbonyl (C=O) groups excluding carboxylic acids is 1. The van der Waals surface area contributed by atoms with Crippen LogP contribution >= 0.6 is 0 Å². The Hall–Kier alpha value is -3.11. The molecular weight excluding hydrogens is 437 g/mol. The van der Waals surface area contributed by atoms with Crippen molar-refractivity contribution in [2.75, 3.05) is 24.5 Å². The second kappa shape index (κ2) is 8.20. The van der Waals surface area contributed by atoms with Crippen molar-refractivity contribution in [2.24, 2.45) is 5.73 Å². The molecule has 166 valence electrons. The summed E-state index contributed by atoms with van der Waals surface area (Å²) in [5.41, 5.74) is 3.78. The maximum absolute atomic E-state index is 13.3. The van der Waals surface area contributed by atoms with E-state index >= 15 is 0 Å². The van der Waals surface area contributed by atoms with Gasteiger partial charge >= 0.3 is 6.18 Å². The number of carbonyl (C=O) groups is 1. The molecule has 2 heterocycles. The van der Waals surface area contributed by atoms with Gasteiger partial charge in [-0.25, -0.2) is 8.42 Å². The molecule has 0 spiro atoms. The molecule has 1 aromatic carbocycles. The van der Waals surface area contributed by atoms with E-state index < -0.39 is 39.3 Å². The van der Waals surface area contributed by atoms with E-state index in [-0.39, 0.29) is 30.2 Å². The number of benzene rings is 1. The zero-order valence-electron chi connectivity index (χ0n) is 16.4. The Bertz CT molecular complexity index is 1140. The molecule has 0 aliphatic carbocycles. The predicted molar refractivity (Wildman–Crippen MR) is 103 cm³/mol. The molecule has 3 rings (SSSR count). The SMILES string of the molecule is CCn1cc(S(=O)(=O)N2CCN(c3ccc(C#N)c(C(F)(F)F)c3)C(C(N)=O)C2)cn1. The Balaban J connectivity index is 1.93. The number of sulfonamides is 1. The lowest BCUT2D eigenvalue weighted by molar-refractivity contribution is -0.137. The van der Waals surface area contributed by atoms with Crippen molar-refractivity contribution in [1.82, 2.24) is 14.1 Å². The van der Waals surface area contributed by atoms with Gasteiger partial charge in [-0.1, -0.05) is 0 Å². The van der Waals surface area contributed by atoms with Crippen LogP contribution in [-0.4, -0.2) is 54.1 Å². The van der Waals surface area contributed by atoms with Crippen molar-refractivity contribution in [2.45, 2.75) is 30.6 Å². The number of aromatic nitrogens is 2. The molecule has 1 aromatic heterocycles. The normalized spacial score (nSPS) is 18.0. The average Bonchev–Trinajstić information content (AvgIpc) is 3.22. The minimum Gasteiger partial charge on any atom is -0.368 e. The van der Waals surface area contributed by atoms with E-state index in [1.165, 1.54) is 34.1 Å². The van der Waals surface area contributed by atoms with Gasteiger partial charge in [-0.05, 0) is 25.1 Å². The zero-order chi connectivity index (χ0) is 23.0. The van der Waals surface area contributed by atoms with E-state index in [0.29, 0.717) is 6.54 Å². The number of nitrogens with two attached hydrogens (primary N) is 1. The number of hydrogen-bond acceptors (Lipinski definition) is 6. The summed E-state index contributed by atoms with van der Waals surface area (Å²) in [7, 11) is -3.97. The summed E-state index contributed by atoms with van der Waals surface area (Å²) in [5, 5.41) is 12.9. The highest BCUT2D eigenvalue weighted by Gasteiger charge is 2.39. The van der Waals surface area contributed by atoms with Crippen LogP contribution in [0.15, 0.2) is 35.5 Å². The van der Waals surface area contributed by atoms with Crippen LogP contribution in [0.4, 0.5) is 18.9 Å². The van der Waals surface area contributed by atoms with Crippen molar-refractivity contribution in [1.29, 1.82) is 5.26 Å². The molecule has 0 saturated carbocycles. The number of anilines is 1. The van der Waals surface area contributed by atoms with Gasteiger partial charge in [-0.3, -0.25) is 9.48 Å². The van der Waals surface area contributed by atoms with E-state index in [0.717, 1.165) is 16.4 Å². The van der Waals surface area contributed by atoms with Crippen LogP contribution < -0.4 is 10.6 Å². The van der Waals surface area contributed by atoms with E-state index in [4.69, 9.17) is 11.0 Å². The van der Waals surface area contributed by atoms with Crippen LogP contribution in [0.5, 0.6) is 0 Å². The van der Waals surface area contributed by atoms with Crippen LogP contribution in [0, 0.1) is 11.3 Å². The number of nitriles is 1. The summed E-state index contributed by atoms with van der Waals surface area (Å²) >= 11 is 0. The molecule has 1 unspecified atom stereocenters. The summed E-state index contributed by atoms with van der Waals surface area (Å²) in [6.45, 7) is 1.77. The summed E-state index contributed by atoms with van der Waals surface area (Å²) in [4.78, 5) is 13.3. The first-order valence-electron chi connectivity index (χ1n) is 9.19. The number of rotatable bonds is 5. The van der Waals surface area contributed by atoms with Gasteiger partial charge in [0, 0.05) is 38.1 Å². The van der Waals surface area contributed by atoms with Crippen molar-refractivity contribution < 1.29 is 26.4 Å². The maximum atomic E-state index is 13.3. The lowest BCUT2D eigenvalue weighted by atomic mass is 10.0. The standard InChI is InChI=1S/C18H19F3N6O3S/c1-2-25-10-14(9-24-25)31(29,30)26-5-6-27(16(11-26)17(23)28)13-4-3-12(8-22)15(7-13)18(19,20)21/h3-4,7,9-10,16H,2,5-6,11H2,1H3,(H2,23,28). The molecule has 1 amide bonds. The van der Waals surface area contributed by atoms with Crippen LogP contribution in [-0.2, 0) is 27.5 Å². The minimum absolute atomic E-state index is 0.0194. The molecule has 31 heavy (non-hydrogen) atoms. The number of piperazine rings is 1. The van der Waals surface area contributed by atoms with Gasteiger partial charge in [0.1, 0.15) is 10.9 Å². The smallest absolute Gasteiger partial charge is 0.368 e. The molecule has 13 heteroatoms. The van der Waals surface area contributed by atoms with E-state index in [2.05, 4.69) is 5.10 Å². The molecular formula is C18H19F3N6O3S. The van der Waals surface area contributed by atoms with Crippen molar-refractivity contribution in [3.05, 3.63) is 41.7 Å². The third-order valence-corrected chi connectivity index (χ3v) is 6.82. The second-order valence-electron chi connectivity index (χ2n) is 6.85. The highest BCUT2D eigenvalue weighted by atomic mass is 32.2. The topological polar surface area (TPSA) is 125 Å². The number of halogens is 3. The fourth-order valence-electron chi connectivity index (χ4n) is 3.37. The third kappa shape index (κ3) is 4.35. The van der Waals surface area contributed by atoms with Gasteiger partial charge in [0.05, 0.1) is 23.4 Å². The monoisotopic (exact) mass is 456 g/mol. The minimum atomic E-state index is -4.77. The lowest BCUT2D eigenvalue weighted by Crippen LogP contribution is -2.59. The molecule has 1 saturated heterocycles. The van der Waals surface area contributed by atoms with E-state index in [1.807, 2.05) is 0 Å². The van der Waals surface area contributed by atoms with Crippen LogP contribution in [0.25, 0.3) is 0 Å². The Kier molecular flexibility index (Phi) is 5.97. The van der Waals surface area contributed by atoms with Gasteiger partial charge < -0.3 is 10.6 Å². The molecule has 9 nitrogen and oxygen atoms in total. The van der Waals surface area contributed by atoms with Crippen molar-refractivity contribution in [3.63, 3.8) is 0 Å². The predicted octanol–water partition coefficient (Wildman–Crippen LogP) is 1.16. The summed E-state index contributed by atoms with van der Waals surface area (Å²) < 4.78 is 68.3. The molecule has 0 bridgehead atoms. The quantitative estimate of drug-likeness (QED) is 0.720. The lowest BCUT2D eigenvalue weighted by Gasteiger charge is -2.40. The first-order chi connectivity index (χ1) is 14.5. The number of aryl methyl sites for hydroxylation is 1. The first kappa shape index (κ1) is 22.6. The van der Waals surface area contributed by atoms with Crippen molar-refractivity contribution in [3.8, 4) is 6.07 Å².